The van der Waals surface area contributed by atoms with E-state index in [1.165, 1.54) is 0 Å². The van der Waals surface area contributed by atoms with Crippen molar-refractivity contribution in [3.8, 4) is 10.6 Å². The summed E-state index contributed by atoms with van der Waals surface area (Å²) in [6.07, 6.45) is 5.67. The molecular weight excluding hydrogens is 270 g/mol. The summed E-state index contributed by atoms with van der Waals surface area (Å²) < 4.78 is 0. The van der Waals surface area contributed by atoms with Gasteiger partial charge in [0.05, 0.1) is 5.69 Å². The molecule has 20 heavy (non-hydrogen) atoms. The Kier molecular flexibility index (Phi) is 5.24. The van der Waals surface area contributed by atoms with Crippen LogP contribution in [-0.2, 0) is 11.2 Å². The number of carbonyl (C=O) groups excluding carboxylic acids is 1. The number of hydrogen-bond acceptors (Lipinski definition) is 4. The minimum atomic E-state index is 0.0928. The Morgan fingerprint density at radius 2 is 2.35 bits per heavy atom. The number of aryl methyl sites for hydroxylation is 1. The second-order valence-electron chi connectivity index (χ2n) is 4.76. The molecule has 0 bridgehead atoms. The lowest BCUT2D eigenvalue weighted by Gasteiger charge is -2.10. The third-order valence-electron chi connectivity index (χ3n) is 3.09. The molecule has 0 radical (unpaired) electrons. The summed E-state index contributed by atoms with van der Waals surface area (Å²) in [5, 5.41) is 5.93. The van der Waals surface area contributed by atoms with Crippen LogP contribution in [0.25, 0.3) is 10.6 Å². The van der Waals surface area contributed by atoms with Crippen LogP contribution in [0, 0.1) is 0 Å². The molecule has 0 aliphatic carbocycles. The second kappa shape index (κ2) is 7.14. The van der Waals surface area contributed by atoms with E-state index in [0.717, 1.165) is 22.7 Å². The van der Waals surface area contributed by atoms with Crippen molar-refractivity contribution in [3.05, 3.63) is 35.6 Å². The van der Waals surface area contributed by atoms with Crippen molar-refractivity contribution in [2.45, 2.75) is 39.2 Å². The van der Waals surface area contributed by atoms with Crippen molar-refractivity contribution in [1.82, 2.24) is 15.3 Å². The van der Waals surface area contributed by atoms with E-state index in [2.05, 4.69) is 22.2 Å². The largest absolute Gasteiger partial charge is 0.354 e. The first-order valence-electron chi connectivity index (χ1n) is 6.83. The van der Waals surface area contributed by atoms with Gasteiger partial charge in [-0.05, 0) is 31.9 Å². The van der Waals surface area contributed by atoms with Crippen LogP contribution in [-0.4, -0.2) is 21.9 Å². The summed E-state index contributed by atoms with van der Waals surface area (Å²) in [5.74, 6) is 0.0928. The van der Waals surface area contributed by atoms with Crippen molar-refractivity contribution in [2.75, 3.05) is 0 Å². The molecular formula is C15H19N3OS. The average molecular weight is 289 g/mol. The molecule has 1 N–H and O–H groups in total. The zero-order valence-electron chi connectivity index (χ0n) is 11.8. The highest BCUT2D eigenvalue weighted by Gasteiger charge is 2.08. The number of rotatable bonds is 6. The van der Waals surface area contributed by atoms with E-state index < -0.39 is 0 Å². The number of thiazole rings is 1. The maximum Gasteiger partial charge on any atom is 0.220 e. The summed E-state index contributed by atoms with van der Waals surface area (Å²) in [7, 11) is 0. The summed E-state index contributed by atoms with van der Waals surface area (Å²) in [6, 6.07) is 4.13. The maximum absolute atomic E-state index is 11.7. The molecule has 2 rings (SSSR count). The molecule has 0 fully saturated rings. The topological polar surface area (TPSA) is 54.9 Å². The highest BCUT2D eigenvalue weighted by molar-refractivity contribution is 7.13. The van der Waals surface area contributed by atoms with Crippen molar-refractivity contribution in [3.63, 3.8) is 0 Å². The van der Waals surface area contributed by atoms with Crippen LogP contribution < -0.4 is 5.32 Å². The molecule has 2 heterocycles. The monoisotopic (exact) mass is 289 g/mol. The van der Waals surface area contributed by atoms with Gasteiger partial charge >= 0.3 is 0 Å². The van der Waals surface area contributed by atoms with Gasteiger partial charge in [-0.15, -0.1) is 11.3 Å². The van der Waals surface area contributed by atoms with Gasteiger partial charge < -0.3 is 5.32 Å². The molecule has 0 saturated carbocycles. The molecule has 106 valence electrons. The van der Waals surface area contributed by atoms with E-state index in [9.17, 15) is 4.79 Å². The lowest BCUT2D eigenvalue weighted by molar-refractivity contribution is -0.121. The van der Waals surface area contributed by atoms with Crippen LogP contribution in [0.15, 0.2) is 29.9 Å². The SMILES string of the molecule is CCC(C)NC(=O)CCc1csc(-c2cccnc2)n1. The van der Waals surface area contributed by atoms with Gasteiger partial charge in [0, 0.05) is 35.8 Å². The Bertz CT molecular complexity index is 553. The van der Waals surface area contributed by atoms with E-state index in [1.54, 1.807) is 23.7 Å². The van der Waals surface area contributed by atoms with E-state index in [0.29, 0.717) is 12.8 Å². The molecule has 0 spiro atoms. The lowest BCUT2D eigenvalue weighted by atomic mass is 10.2. The normalized spacial score (nSPS) is 12.1. The fourth-order valence-electron chi connectivity index (χ4n) is 1.73. The van der Waals surface area contributed by atoms with Crippen molar-refractivity contribution < 1.29 is 4.79 Å². The predicted molar refractivity (Wildman–Crippen MR) is 81.6 cm³/mol. The first kappa shape index (κ1) is 14.7. The first-order valence-corrected chi connectivity index (χ1v) is 7.71. The number of nitrogens with zero attached hydrogens (tertiary/aromatic N) is 2. The van der Waals surface area contributed by atoms with Crippen LogP contribution in [0.5, 0.6) is 0 Å². The number of hydrogen-bond donors (Lipinski definition) is 1. The van der Waals surface area contributed by atoms with E-state index >= 15 is 0 Å². The highest BCUT2D eigenvalue weighted by Crippen LogP contribution is 2.23. The molecule has 2 aromatic heterocycles. The fourth-order valence-corrected chi connectivity index (χ4v) is 2.58. The van der Waals surface area contributed by atoms with Crippen molar-refractivity contribution in [1.29, 1.82) is 0 Å². The molecule has 2 aromatic rings. The number of amides is 1. The second-order valence-corrected chi connectivity index (χ2v) is 5.62. The first-order chi connectivity index (χ1) is 9.69. The Balaban J connectivity index is 1.89. The van der Waals surface area contributed by atoms with E-state index in [1.807, 2.05) is 24.4 Å². The Morgan fingerprint density at radius 1 is 1.50 bits per heavy atom. The predicted octanol–water partition coefficient (Wildman–Crippen LogP) is 3.05. The molecule has 4 nitrogen and oxygen atoms in total. The van der Waals surface area contributed by atoms with E-state index in [-0.39, 0.29) is 11.9 Å². The van der Waals surface area contributed by atoms with Gasteiger partial charge in [-0.1, -0.05) is 6.92 Å². The van der Waals surface area contributed by atoms with Crippen LogP contribution in [0.2, 0.25) is 0 Å². The van der Waals surface area contributed by atoms with Gasteiger partial charge in [0.2, 0.25) is 5.91 Å². The Hall–Kier alpha value is -1.75. The van der Waals surface area contributed by atoms with Crippen LogP contribution in [0.3, 0.4) is 0 Å². The van der Waals surface area contributed by atoms with Crippen molar-refractivity contribution >= 4 is 17.2 Å². The summed E-state index contributed by atoms with van der Waals surface area (Å²) in [4.78, 5) is 20.4. The van der Waals surface area contributed by atoms with Crippen molar-refractivity contribution in [2.24, 2.45) is 0 Å². The molecule has 0 saturated heterocycles. The molecule has 1 unspecified atom stereocenters. The van der Waals surface area contributed by atoms with Gasteiger partial charge in [0.1, 0.15) is 5.01 Å². The molecule has 0 aliphatic rings. The van der Waals surface area contributed by atoms with Gasteiger partial charge in [0.25, 0.3) is 0 Å². The smallest absolute Gasteiger partial charge is 0.220 e. The highest BCUT2D eigenvalue weighted by atomic mass is 32.1. The Morgan fingerprint density at radius 3 is 3.05 bits per heavy atom. The summed E-state index contributed by atoms with van der Waals surface area (Å²) in [5.41, 5.74) is 1.99. The number of pyridine rings is 1. The maximum atomic E-state index is 11.7. The number of aromatic nitrogens is 2. The molecule has 0 aromatic carbocycles. The quantitative estimate of drug-likeness (QED) is 0.889. The van der Waals surface area contributed by atoms with Crippen LogP contribution >= 0.6 is 11.3 Å². The van der Waals surface area contributed by atoms with E-state index in [4.69, 9.17) is 0 Å². The molecule has 0 aliphatic heterocycles. The molecule has 1 amide bonds. The van der Waals surface area contributed by atoms with Gasteiger partial charge in [-0.2, -0.15) is 0 Å². The van der Waals surface area contributed by atoms with Crippen LogP contribution in [0.4, 0.5) is 0 Å². The number of carbonyl (C=O) groups is 1. The molecule has 1 atom stereocenters. The van der Waals surface area contributed by atoms with Crippen LogP contribution in [0.1, 0.15) is 32.4 Å². The van der Waals surface area contributed by atoms with Gasteiger partial charge in [0.15, 0.2) is 0 Å². The standard InChI is InChI=1S/C15H19N3OS/c1-3-11(2)17-14(19)7-6-13-10-20-15(18-13)12-5-4-8-16-9-12/h4-5,8-11H,3,6-7H2,1-2H3,(H,17,19). The summed E-state index contributed by atoms with van der Waals surface area (Å²) >= 11 is 1.59. The fraction of sp³-hybridized carbons (Fsp3) is 0.400. The minimum Gasteiger partial charge on any atom is -0.354 e. The zero-order valence-corrected chi connectivity index (χ0v) is 12.6. The third kappa shape index (κ3) is 4.13. The average Bonchev–Trinajstić information content (AvgIpc) is 2.95. The lowest BCUT2D eigenvalue weighted by Crippen LogP contribution is -2.32. The van der Waals surface area contributed by atoms with Gasteiger partial charge in [-0.3, -0.25) is 9.78 Å². The zero-order chi connectivity index (χ0) is 14.4. The summed E-state index contributed by atoms with van der Waals surface area (Å²) in [6.45, 7) is 4.08. The number of nitrogens with one attached hydrogen (secondary N) is 1. The Labute approximate surface area is 123 Å². The molecule has 5 heteroatoms. The van der Waals surface area contributed by atoms with Gasteiger partial charge in [-0.25, -0.2) is 4.98 Å². The third-order valence-corrected chi connectivity index (χ3v) is 4.03. The minimum absolute atomic E-state index is 0.0928.